The third-order valence-corrected chi connectivity index (χ3v) is 5.68. The van der Waals surface area contributed by atoms with Crippen LogP contribution in [0.1, 0.15) is 42.6 Å². The van der Waals surface area contributed by atoms with E-state index in [2.05, 4.69) is 11.6 Å². The van der Waals surface area contributed by atoms with Crippen molar-refractivity contribution in [2.75, 3.05) is 17.8 Å². The van der Waals surface area contributed by atoms with Crippen LogP contribution in [0.15, 0.2) is 47.4 Å². The van der Waals surface area contributed by atoms with Crippen molar-refractivity contribution in [3.05, 3.63) is 59.4 Å². The van der Waals surface area contributed by atoms with Crippen molar-refractivity contribution < 1.29 is 17.6 Å². The predicted octanol–water partition coefficient (Wildman–Crippen LogP) is 4.20. The standard InChI is InChI=1S/C20H25FN2O3S/c1-4-6-13-23(5-2)20(24)19-14-18(12-7-15(19)3)27(25,26)22-17-10-8-16(21)9-11-17/h7-12,14,22H,4-6,13H2,1-3H3. The van der Waals surface area contributed by atoms with Crippen molar-refractivity contribution >= 4 is 21.6 Å². The second kappa shape index (κ2) is 8.99. The highest BCUT2D eigenvalue weighted by Crippen LogP contribution is 2.21. The van der Waals surface area contributed by atoms with E-state index >= 15 is 0 Å². The third-order valence-electron chi connectivity index (χ3n) is 4.30. The summed E-state index contributed by atoms with van der Waals surface area (Å²) in [4.78, 5) is 14.6. The lowest BCUT2D eigenvalue weighted by atomic mass is 10.1. The van der Waals surface area contributed by atoms with Gasteiger partial charge in [0.2, 0.25) is 0 Å². The Hall–Kier alpha value is -2.41. The minimum absolute atomic E-state index is 0.00711. The molecule has 0 unspecified atom stereocenters. The zero-order valence-electron chi connectivity index (χ0n) is 15.8. The summed E-state index contributed by atoms with van der Waals surface area (Å²) in [6.07, 6.45) is 1.86. The van der Waals surface area contributed by atoms with Gasteiger partial charge in [0.05, 0.1) is 4.90 Å². The van der Waals surface area contributed by atoms with Crippen LogP contribution < -0.4 is 4.72 Å². The van der Waals surface area contributed by atoms with Crippen molar-refractivity contribution in [3.63, 3.8) is 0 Å². The molecule has 27 heavy (non-hydrogen) atoms. The summed E-state index contributed by atoms with van der Waals surface area (Å²) in [6, 6.07) is 9.52. The number of hydrogen-bond acceptors (Lipinski definition) is 3. The first-order chi connectivity index (χ1) is 12.8. The number of sulfonamides is 1. The monoisotopic (exact) mass is 392 g/mol. The van der Waals surface area contributed by atoms with Crippen LogP contribution in [0.3, 0.4) is 0 Å². The Balaban J connectivity index is 2.32. The minimum atomic E-state index is -3.89. The van der Waals surface area contributed by atoms with E-state index in [1.807, 2.05) is 6.92 Å². The second-order valence-electron chi connectivity index (χ2n) is 6.33. The molecule has 2 rings (SSSR count). The van der Waals surface area contributed by atoms with E-state index in [4.69, 9.17) is 0 Å². The van der Waals surface area contributed by atoms with Crippen LogP contribution in [-0.2, 0) is 10.0 Å². The van der Waals surface area contributed by atoms with Gasteiger partial charge in [-0.2, -0.15) is 0 Å². The molecule has 7 heteroatoms. The fourth-order valence-corrected chi connectivity index (χ4v) is 3.74. The van der Waals surface area contributed by atoms with Crippen LogP contribution in [0.4, 0.5) is 10.1 Å². The first-order valence-corrected chi connectivity index (χ1v) is 10.4. The molecule has 1 amide bonds. The summed E-state index contributed by atoms with van der Waals surface area (Å²) in [6.45, 7) is 6.93. The summed E-state index contributed by atoms with van der Waals surface area (Å²) in [7, 11) is -3.89. The number of nitrogens with zero attached hydrogens (tertiary/aromatic N) is 1. The molecule has 0 saturated carbocycles. The molecule has 2 aromatic rings. The zero-order chi connectivity index (χ0) is 20.0. The van der Waals surface area contributed by atoms with Gasteiger partial charge in [0, 0.05) is 24.3 Å². The first-order valence-electron chi connectivity index (χ1n) is 8.96. The summed E-state index contributed by atoms with van der Waals surface area (Å²) in [5.74, 6) is -0.629. The highest BCUT2D eigenvalue weighted by atomic mass is 32.2. The Morgan fingerprint density at radius 1 is 1.11 bits per heavy atom. The summed E-state index contributed by atoms with van der Waals surface area (Å²) >= 11 is 0. The topological polar surface area (TPSA) is 66.5 Å². The number of hydrogen-bond donors (Lipinski definition) is 1. The highest BCUT2D eigenvalue weighted by Gasteiger charge is 2.21. The van der Waals surface area contributed by atoms with Crippen LogP contribution in [-0.4, -0.2) is 32.3 Å². The highest BCUT2D eigenvalue weighted by molar-refractivity contribution is 7.92. The zero-order valence-corrected chi connectivity index (χ0v) is 16.6. The number of unbranched alkanes of at least 4 members (excludes halogenated alkanes) is 1. The van der Waals surface area contributed by atoms with Gasteiger partial charge in [0.1, 0.15) is 5.82 Å². The summed E-state index contributed by atoms with van der Waals surface area (Å²) in [5, 5.41) is 0. The third kappa shape index (κ3) is 5.29. The average molecular weight is 392 g/mol. The van der Waals surface area contributed by atoms with Gasteiger partial charge in [0.25, 0.3) is 15.9 Å². The van der Waals surface area contributed by atoms with E-state index in [-0.39, 0.29) is 16.5 Å². The number of carbonyl (C=O) groups excluding carboxylic acids is 1. The number of rotatable bonds is 8. The molecule has 2 aromatic carbocycles. The number of aryl methyl sites for hydroxylation is 1. The second-order valence-corrected chi connectivity index (χ2v) is 8.01. The smallest absolute Gasteiger partial charge is 0.261 e. The van der Waals surface area contributed by atoms with Crippen molar-refractivity contribution in [2.24, 2.45) is 0 Å². The fraction of sp³-hybridized carbons (Fsp3) is 0.350. The Labute approximate surface area is 160 Å². The molecule has 0 aliphatic carbocycles. The minimum Gasteiger partial charge on any atom is -0.339 e. The van der Waals surface area contributed by atoms with Gasteiger partial charge in [-0.05, 0) is 62.2 Å². The molecule has 0 saturated heterocycles. The van der Waals surface area contributed by atoms with Gasteiger partial charge in [-0.1, -0.05) is 19.4 Å². The first kappa shape index (κ1) is 20.9. The largest absolute Gasteiger partial charge is 0.339 e. The van der Waals surface area contributed by atoms with Crippen LogP contribution >= 0.6 is 0 Å². The Kier molecular flexibility index (Phi) is 6.96. The molecule has 0 bridgehead atoms. The van der Waals surface area contributed by atoms with Crippen molar-refractivity contribution in [3.8, 4) is 0 Å². The Bertz CT molecular complexity index is 896. The molecule has 0 fully saturated rings. The Morgan fingerprint density at radius 3 is 2.37 bits per heavy atom. The van der Waals surface area contributed by atoms with Gasteiger partial charge in [-0.25, -0.2) is 12.8 Å². The van der Waals surface area contributed by atoms with Gasteiger partial charge in [0.15, 0.2) is 0 Å². The molecule has 0 atom stereocenters. The molecule has 0 aliphatic heterocycles. The Morgan fingerprint density at radius 2 is 1.78 bits per heavy atom. The molecule has 0 heterocycles. The average Bonchev–Trinajstić information content (AvgIpc) is 2.64. The molecule has 1 N–H and O–H groups in total. The molecular formula is C20H25FN2O3S. The number of carbonyl (C=O) groups is 1. The maximum Gasteiger partial charge on any atom is 0.261 e. The van der Waals surface area contributed by atoms with E-state index < -0.39 is 15.8 Å². The number of nitrogens with one attached hydrogen (secondary N) is 1. The van der Waals surface area contributed by atoms with Gasteiger partial charge >= 0.3 is 0 Å². The SMILES string of the molecule is CCCCN(CC)C(=O)c1cc(S(=O)(=O)Nc2ccc(F)cc2)ccc1C. The molecule has 0 aromatic heterocycles. The lowest BCUT2D eigenvalue weighted by Gasteiger charge is -2.22. The van der Waals surface area contributed by atoms with Gasteiger partial charge in [-0.15, -0.1) is 0 Å². The van der Waals surface area contributed by atoms with Crippen molar-refractivity contribution in [2.45, 2.75) is 38.5 Å². The molecular weight excluding hydrogens is 367 g/mol. The molecule has 0 aliphatic rings. The molecule has 146 valence electrons. The van der Waals surface area contributed by atoms with Crippen LogP contribution in [0.25, 0.3) is 0 Å². The number of halogens is 1. The normalized spacial score (nSPS) is 11.3. The quantitative estimate of drug-likeness (QED) is 0.732. The van der Waals surface area contributed by atoms with E-state index in [1.54, 1.807) is 17.9 Å². The summed E-state index contributed by atoms with van der Waals surface area (Å²) < 4.78 is 40.7. The number of amides is 1. The molecule has 5 nitrogen and oxygen atoms in total. The maximum atomic E-state index is 13.0. The molecule has 0 radical (unpaired) electrons. The van der Waals surface area contributed by atoms with Crippen LogP contribution in [0.5, 0.6) is 0 Å². The number of anilines is 1. The van der Waals surface area contributed by atoms with Crippen LogP contribution in [0.2, 0.25) is 0 Å². The predicted molar refractivity (Wildman–Crippen MR) is 105 cm³/mol. The van der Waals surface area contributed by atoms with E-state index in [1.165, 1.54) is 36.4 Å². The van der Waals surface area contributed by atoms with E-state index in [0.717, 1.165) is 18.4 Å². The lowest BCUT2D eigenvalue weighted by Crippen LogP contribution is -2.32. The van der Waals surface area contributed by atoms with Crippen molar-refractivity contribution in [1.82, 2.24) is 4.90 Å². The van der Waals surface area contributed by atoms with E-state index in [9.17, 15) is 17.6 Å². The fourth-order valence-electron chi connectivity index (χ4n) is 2.65. The number of benzene rings is 2. The van der Waals surface area contributed by atoms with E-state index in [0.29, 0.717) is 18.7 Å². The summed E-state index contributed by atoms with van der Waals surface area (Å²) in [5.41, 5.74) is 1.34. The molecule has 0 spiro atoms. The van der Waals surface area contributed by atoms with Gasteiger partial charge in [-0.3, -0.25) is 9.52 Å². The van der Waals surface area contributed by atoms with Crippen molar-refractivity contribution in [1.29, 1.82) is 0 Å². The maximum absolute atomic E-state index is 13.0. The lowest BCUT2D eigenvalue weighted by molar-refractivity contribution is 0.0761. The van der Waals surface area contributed by atoms with Crippen LogP contribution in [0, 0.1) is 12.7 Å². The van der Waals surface area contributed by atoms with Gasteiger partial charge < -0.3 is 4.90 Å².